The zero-order valence-corrected chi connectivity index (χ0v) is 6.68. The summed E-state index contributed by atoms with van der Waals surface area (Å²) in [5.41, 5.74) is 6.35. The smallest absolute Gasteiger partial charge is 0.0841 e. The average molecular weight is 141 g/mol. The van der Waals surface area contributed by atoms with Gasteiger partial charge in [0.1, 0.15) is 0 Å². The zero-order chi connectivity index (χ0) is 7.41. The molecule has 2 fully saturated rings. The van der Waals surface area contributed by atoms with Crippen LogP contribution in [0.1, 0.15) is 26.7 Å². The monoisotopic (exact) mass is 141 g/mol. The first kappa shape index (κ1) is 6.62. The van der Waals surface area contributed by atoms with Gasteiger partial charge in [0.2, 0.25) is 0 Å². The van der Waals surface area contributed by atoms with Crippen LogP contribution in [0.5, 0.6) is 0 Å². The molecule has 1 heterocycles. The van der Waals surface area contributed by atoms with Crippen LogP contribution >= 0.6 is 0 Å². The van der Waals surface area contributed by atoms with Gasteiger partial charge in [-0.05, 0) is 12.8 Å². The Labute approximate surface area is 61.7 Å². The van der Waals surface area contributed by atoms with E-state index in [-0.39, 0.29) is 17.1 Å². The highest BCUT2D eigenvalue weighted by Gasteiger charge is 2.59. The van der Waals surface area contributed by atoms with Crippen molar-refractivity contribution < 1.29 is 4.74 Å². The van der Waals surface area contributed by atoms with Crippen molar-refractivity contribution in [3.8, 4) is 0 Å². The predicted molar refractivity (Wildman–Crippen MR) is 39.7 cm³/mol. The summed E-state index contributed by atoms with van der Waals surface area (Å²) < 4.78 is 5.65. The summed E-state index contributed by atoms with van der Waals surface area (Å²) >= 11 is 0. The molecule has 1 spiro atoms. The van der Waals surface area contributed by atoms with Gasteiger partial charge < -0.3 is 10.5 Å². The molecule has 0 radical (unpaired) electrons. The van der Waals surface area contributed by atoms with Gasteiger partial charge in [-0.2, -0.15) is 0 Å². The van der Waals surface area contributed by atoms with E-state index >= 15 is 0 Å². The van der Waals surface area contributed by atoms with E-state index in [0.717, 1.165) is 6.61 Å². The summed E-state index contributed by atoms with van der Waals surface area (Å²) in [6, 6.07) is 0.264. The van der Waals surface area contributed by atoms with Crippen LogP contribution in [0.2, 0.25) is 0 Å². The number of hydrogen-bond donors (Lipinski definition) is 1. The summed E-state index contributed by atoms with van der Waals surface area (Å²) in [4.78, 5) is 0. The first-order valence-corrected chi connectivity index (χ1v) is 3.96. The molecule has 0 aromatic heterocycles. The van der Waals surface area contributed by atoms with E-state index < -0.39 is 0 Å². The Hall–Kier alpha value is -0.0800. The second-order valence-corrected chi connectivity index (χ2v) is 4.32. The van der Waals surface area contributed by atoms with Crippen LogP contribution in [0.4, 0.5) is 0 Å². The minimum Gasteiger partial charge on any atom is -0.373 e. The molecule has 1 saturated heterocycles. The lowest BCUT2D eigenvalue weighted by atomic mass is 9.84. The molecule has 2 aliphatic rings. The van der Waals surface area contributed by atoms with Gasteiger partial charge in [-0.1, -0.05) is 13.8 Å². The van der Waals surface area contributed by atoms with Crippen LogP contribution in [0, 0.1) is 5.41 Å². The van der Waals surface area contributed by atoms with E-state index in [1.807, 2.05) is 0 Å². The topological polar surface area (TPSA) is 35.2 Å². The van der Waals surface area contributed by atoms with Crippen molar-refractivity contribution in [2.24, 2.45) is 11.1 Å². The maximum Gasteiger partial charge on any atom is 0.0841 e. The van der Waals surface area contributed by atoms with Gasteiger partial charge in [0.05, 0.1) is 12.2 Å². The van der Waals surface area contributed by atoms with Crippen molar-refractivity contribution in [3.63, 3.8) is 0 Å². The van der Waals surface area contributed by atoms with Crippen molar-refractivity contribution >= 4 is 0 Å². The number of nitrogens with two attached hydrogens (primary N) is 1. The van der Waals surface area contributed by atoms with Crippen molar-refractivity contribution in [3.05, 3.63) is 0 Å². The maximum absolute atomic E-state index is 6.03. The largest absolute Gasteiger partial charge is 0.373 e. The van der Waals surface area contributed by atoms with Gasteiger partial charge in [0, 0.05) is 11.5 Å². The van der Waals surface area contributed by atoms with Crippen LogP contribution in [0.3, 0.4) is 0 Å². The zero-order valence-electron chi connectivity index (χ0n) is 6.68. The van der Waals surface area contributed by atoms with E-state index in [0.29, 0.717) is 0 Å². The Morgan fingerprint density at radius 2 is 2.00 bits per heavy atom. The molecule has 0 amide bonds. The van der Waals surface area contributed by atoms with Crippen LogP contribution < -0.4 is 5.73 Å². The third kappa shape index (κ3) is 0.663. The van der Waals surface area contributed by atoms with Crippen molar-refractivity contribution in [1.29, 1.82) is 0 Å². The second kappa shape index (κ2) is 1.56. The first-order valence-electron chi connectivity index (χ1n) is 3.96. The van der Waals surface area contributed by atoms with Crippen molar-refractivity contribution in [1.82, 2.24) is 0 Å². The highest BCUT2D eigenvalue weighted by Crippen LogP contribution is 2.52. The van der Waals surface area contributed by atoms with E-state index in [9.17, 15) is 0 Å². The predicted octanol–water partition coefficient (Wildman–Crippen LogP) is 0.903. The summed E-state index contributed by atoms with van der Waals surface area (Å²) in [5, 5.41) is 0. The fourth-order valence-electron chi connectivity index (χ4n) is 1.80. The third-order valence-electron chi connectivity index (χ3n) is 2.88. The Morgan fingerprint density at radius 1 is 1.40 bits per heavy atom. The quantitative estimate of drug-likeness (QED) is 0.544. The molecule has 0 aromatic carbocycles. The molecule has 0 unspecified atom stereocenters. The molecule has 2 N–H and O–H groups in total. The number of hydrogen-bond acceptors (Lipinski definition) is 2. The Balaban J connectivity index is 2.20. The van der Waals surface area contributed by atoms with Gasteiger partial charge in [0.15, 0.2) is 0 Å². The number of ether oxygens (including phenoxy) is 1. The summed E-state index contributed by atoms with van der Waals surface area (Å²) in [6.45, 7) is 5.21. The molecule has 0 bridgehead atoms. The van der Waals surface area contributed by atoms with Gasteiger partial charge in [-0.25, -0.2) is 0 Å². The highest BCUT2D eigenvalue weighted by atomic mass is 16.5. The SMILES string of the molecule is CC1(C)COC2(CC2)[C@H]1N. The molecule has 2 nitrogen and oxygen atoms in total. The normalized spacial score (nSPS) is 40.5. The lowest BCUT2D eigenvalue weighted by Gasteiger charge is -2.23. The van der Waals surface area contributed by atoms with Gasteiger partial charge >= 0.3 is 0 Å². The standard InChI is InChI=1S/C8H15NO/c1-7(2)5-10-8(3-4-8)6(7)9/h6H,3-5,9H2,1-2H3/t6-/m0/s1. The van der Waals surface area contributed by atoms with Crippen molar-refractivity contribution in [2.75, 3.05) is 6.61 Å². The molecule has 0 aromatic rings. The minimum atomic E-state index is 0.115. The maximum atomic E-state index is 6.03. The molecular weight excluding hydrogens is 126 g/mol. The molecule has 1 aliphatic heterocycles. The molecule has 1 atom stereocenters. The lowest BCUT2D eigenvalue weighted by Crippen LogP contribution is -2.42. The summed E-state index contributed by atoms with van der Waals surface area (Å²) in [5.74, 6) is 0. The second-order valence-electron chi connectivity index (χ2n) is 4.32. The average Bonchev–Trinajstić information content (AvgIpc) is 2.59. The van der Waals surface area contributed by atoms with E-state index in [2.05, 4.69) is 13.8 Å². The van der Waals surface area contributed by atoms with Gasteiger partial charge in [0.25, 0.3) is 0 Å². The summed E-state index contributed by atoms with van der Waals surface area (Å²) in [6.07, 6.45) is 2.36. The third-order valence-corrected chi connectivity index (χ3v) is 2.88. The Morgan fingerprint density at radius 3 is 2.20 bits per heavy atom. The fraction of sp³-hybridized carbons (Fsp3) is 1.00. The molecule has 2 heteroatoms. The Bertz CT molecular complexity index is 155. The first-order chi connectivity index (χ1) is 4.57. The molecule has 1 saturated carbocycles. The molecule has 58 valence electrons. The van der Waals surface area contributed by atoms with Gasteiger partial charge in [-0.3, -0.25) is 0 Å². The van der Waals surface area contributed by atoms with Gasteiger partial charge in [-0.15, -0.1) is 0 Å². The molecule has 10 heavy (non-hydrogen) atoms. The van der Waals surface area contributed by atoms with Crippen LogP contribution in [-0.2, 0) is 4.74 Å². The van der Waals surface area contributed by atoms with E-state index in [4.69, 9.17) is 10.5 Å². The van der Waals surface area contributed by atoms with Crippen LogP contribution in [0.15, 0.2) is 0 Å². The fourth-order valence-corrected chi connectivity index (χ4v) is 1.80. The van der Waals surface area contributed by atoms with E-state index in [1.54, 1.807) is 0 Å². The molecule has 2 rings (SSSR count). The Kier molecular flexibility index (Phi) is 1.03. The summed E-state index contributed by atoms with van der Waals surface area (Å²) in [7, 11) is 0. The number of rotatable bonds is 0. The highest BCUT2D eigenvalue weighted by molar-refractivity contribution is 5.12. The lowest BCUT2D eigenvalue weighted by molar-refractivity contribution is 0.0780. The minimum absolute atomic E-state index is 0.115. The molecule has 1 aliphatic carbocycles. The van der Waals surface area contributed by atoms with Crippen LogP contribution in [0.25, 0.3) is 0 Å². The van der Waals surface area contributed by atoms with E-state index in [1.165, 1.54) is 12.8 Å². The van der Waals surface area contributed by atoms with Crippen LogP contribution in [-0.4, -0.2) is 18.2 Å². The van der Waals surface area contributed by atoms with Crippen molar-refractivity contribution in [2.45, 2.75) is 38.3 Å². The molecular formula is C8H15NO.